The number of halogens is 1. The highest BCUT2D eigenvalue weighted by Crippen LogP contribution is 2.38. The van der Waals surface area contributed by atoms with Gasteiger partial charge in [0.25, 0.3) is 0 Å². The predicted octanol–water partition coefficient (Wildman–Crippen LogP) is 5.40. The number of anilines is 1. The SMILES string of the molecule is O=C(CCN1CCCCC1)NC1CCC(CNc2nc3c(s2)CCCc2ccc(F)cc2-3)CC1. The quantitative estimate of drug-likeness (QED) is 0.552. The minimum Gasteiger partial charge on any atom is -0.361 e. The van der Waals surface area contributed by atoms with E-state index in [1.54, 1.807) is 23.5 Å². The maximum atomic E-state index is 13.9. The molecule has 5 rings (SSSR count). The van der Waals surface area contributed by atoms with Gasteiger partial charge in [0, 0.05) is 36.0 Å². The van der Waals surface area contributed by atoms with Crippen molar-refractivity contribution in [3.8, 4) is 11.3 Å². The van der Waals surface area contributed by atoms with Crippen molar-refractivity contribution < 1.29 is 9.18 Å². The highest BCUT2D eigenvalue weighted by Gasteiger charge is 2.24. The number of carbonyl (C=O) groups excluding carboxylic acids is 1. The highest BCUT2D eigenvalue weighted by atomic mass is 32.1. The number of rotatable bonds is 7. The van der Waals surface area contributed by atoms with Crippen molar-refractivity contribution in [2.75, 3.05) is 31.5 Å². The standard InChI is InChI=1S/C27H37FN4OS/c28-21-10-9-20-5-4-6-24-26(23(20)17-21)31-27(34-24)29-18-19-7-11-22(12-8-19)30-25(33)13-16-32-14-2-1-3-15-32/h9-10,17,19,22H,1-8,11-16,18H2,(H,29,31)(H,30,33). The van der Waals surface area contributed by atoms with E-state index >= 15 is 0 Å². The molecule has 2 aromatic rings. The Kier molecular flexibility index (Phi) is 7.80. The number of fused-ring (bicyclic) bond motifs is 3. The first-order valence-corrected chi connectivity index (χ1v) is 14.0. The highest BCUT2D eigenvalue weighted by molar-refractivity contribution is 7.16. The van der Waals surface area contributed by atoms with Gasteiger partial charge < -0.3 is 15.5 Å². The molecule has 0 radical (unpaired) electrons. The fourth-order valence-corrected chi connectivity index (χ4v) is 6.74. The van der Waals surface area contributed by atoms with E-state index in [0.29, 0.717) is 18.4 Å². The Labute approximate surface area is 206 Å². The van der Waals surface area contributed by atoms with Gasteiger partial charge in [0.2, 0.25) is 5.91 Å². The summed E-state index contributed by atoms with van der Waals surface area (Å²) in [6, 6.07) is 5.44. The first kappa shape index (κ1) is 23.7. The van der Waals surface area contributed by atoms with Gasteiger partial charge in [-0.05, 0) is 94.5 Å². The average Bonchev–Trinajstić information content (AvgIpc) is 3.19. The van der Waals surface area contributed by atoms with Crippen LogP contribution in [0, 0.1) is 11.7 Å². The number of hydrogen-bond acceptors (Lipinski definition) is 5. The lowest BCUT2D eigenvalue weighted by atomic mass is 9.86. The molecule has 0 atom stereocenters. The molecule has 0 spiro atoms. The lowest BCUT2D eigenvalue weighted by Gasteiger charge is -2.30. The minimum absolute atomic E-state index is 0.190. The van der Waals surface area contributed by atoms with E-state index in [4.69, 9.17) is 4.98 Å². The Balaban J connectivity index is 1.07. The van der Waals surface area contributed by atoms with E-state index in [-0.39, 0.29) is 11.7 Å². The first-order chi connectivity index (χ1) is 16.6. The number of benzene rings is 1. The minimum atomic E-state index is -0.190. The third-order valence-electron chi connectivity index (χ3n) is 7.73. The first-order valence-electron chi connectivity index (χ1n) is 13.2. The van der Waals surface area contributed by atoms with Crippen molar-refractivity contribution in [1.29, 1.82) is 0 Å². The maximum absolute atomic E-state index is 13.9. The number of thiazole rings is 1. The second-order valence-corrected chi connectivity index (χ2v) is 11.3. The summed E-state index contributed by atoms with van der Waals surface area (Å²) in [4.78, 5) is 21.0. The summed E-state index contributed by atoms with van der Waals surface area (Å²) in [5.74, 6) is 0.632. The largest absolute Gasteiger partial charge is 0.361 e. The summed E-state index contributed by atoms with van der Waals surface area (Å²) in [5, 5.41) is 7.80. The van der Waals surface area contributed by atoms with Gasteiger partial charge in [-0.3, -0.25) is 4.79 Å². The average molecular weight is 485 g/mol. The van der Waals surface area contributed by atoms with Crippen LogP contribution in [0.5, 0.6) is 0 Å². The maximum Gasteiger partial charge on any atom is 0.221 e. The van der Waals surface area contributed by atoms with Crippen LogP contribution in [0.25, 0.3) is 11.3 Å². The number of nitrogens with one attached hydrogen (secondary N) is 2. The van der Waals surface area contributed by atoms with Crippen LogP contribution >= 0.6 is 11.3 Å². The molecule has 2 N–H and O–H groups in total. The van der Waals surface area contributed by atoms with Crippen molar-refractivity contribution in [3.05, 3.63) is 34.5 Å². The van der Waals surface area contributed by atoms with Crippen molar-refractivity contribution in [1.82, 2.24) is 15.2 Å². The van der Waals surface area contributed by atoms with Gasteiger partial charge in [0.05, 0.1) is 5.69 Å². The molecule has 2 heterocycles. The molecule has 1 aromatic heterocycles. The van der Waals surface area contributed by atoms with Crippen LogP contribution in [0.15, 0.2) is 18.2 Å². The second-order valence-electron chi connectivity index (χ2n) is 10.3. The summed E-state index contributed by atoms with van der Waals surface area (Å²) in [7, 11) is 0. The fraction of sp³-hybridized carbons (Fsp3) is 0.630. The molecule has 184 valence electrons. The van der Waals surface area contributed by atoms with Crippen LogP contribution in [0.3, 0.4) is 0 Å². The molecule has 1 saturated carbocycles. The van der Waals surface area contributed by atoms with E-state index in [2.05, 4.69) is 15.5 Å². The summed E-state index contributed by atoms with van der Waals surface area (Å²) in [6.07, 6.45) is 12.0. The van der Waals surface area contributed by atoms with Crippen molar-refractivity contribution in [2.45, 2.75) is 76.7 Å². The Bertz CT molecular complexity index is 979. The molecule has 1 aromatic carbocycles. The van der Waals surface area contributed by atoms with Gasteiger partial charge in [0.1, 0.15) is 5.82 Å². The zero-order valence-electron chi connectivity index (χ0n) is 20.1. The molecule has 34 heavy (non-hydrogen) atoms. The molecule has 7 heteroatoms. The van der Waals surface area contributed by atoms with Crippen LogP contribution in [-0.4, -0.2) is 48.0 Å². The molecular weight excluding hydrogens is 447 g/mol. The molecule has 1 saturated heterocycles. The number of hydrogen-bond donors (Lipinski definition) is 2. The second kappa shape index (κ2) is 11.2. The Morgan fingerprint density at radius 1 is 1.09 bits per heavy atom. The summed E-state index contributed by atoms with van der Waals surface area (Å²) < 4.78 is 13.9. The number of amides is 1. The summed E-state index contributed by atoms with van der Waals surface area (Å²) in [6.45, 7) is 4.12. The zero-order chi connectivity index (χ0) is 23.3. The number of piperidine rings is 1. The van der Waals surface area contributed by atoms with Crippen molar-refractivity contribution in [3.63, 3.8) is 0 Å². The monoisotopic (exact) mass is 484 g/mol. The topological polar surface area (TPSA) is 57.3 Å². The molecule has 2 aliphatic carbocycles. The van der Waals surface area contributed by atoms with Crippen molar-refractivity contribution >= 4 is 22.4 Å². The zero-order valence-corrected chi connectivity index (χ0v) is 20.9. The van der Waals surface area contributed by atoms with Gasteiger partial charge in [0.15, 0.2) is 5.13 Å². The number of aromatic nitrogens is 1. The normalized spacial score (nSPS) is 23.0. The van der Waals surface area contributed by atoms with Crippen LogP contribution in [0.2, 0.25) is 0 Å². The lowest BCUT2D eigenvalue weighted by Crippen LogP contribution is -2.40. The van der Waals surface area contributed by atoms with Crippen molar-refractivity contribution in [2.24, 2.45) is 5.92 Å². The van der Waals surface area contributed by atoms with Gasteiger partial charge in [-0.2, -0.15) is 0 Å². The van der Waals surface area contributed by atoms with Crippen LogP contribution in [-0.2, 0) is 17.6 Å². The Hall–Kier alpha value is -1.99. The Morgan fingerprint density at radius 2 is 1.91 bits per heavy atom. The molecule has 2 fully saturated rings. The lowest BCUT2D eigenvalue weighted by molar-refractivity contribution is -0.122. The summed E-state index contributed by atoms with van der Waals surface area (Å²) in [5.41, 5.74) is 3.14. The molecule has 1 amide bonds. The molecule has 5 nitrogen and oxygen atoms in total. The van der Waals surface area contributed by atoms with E-state index in [1.165, 1.54) is 29.7 Å². The third-order valence-corrected chi connectivity index (χ3v) is 8.80. The molecular formula is C27H37FN4OS. The van der Waals surface area contributed by atoms with Gasteiger partial charge in [-0.15, -0.1) is 11.3 Å². The van der Waals surface area contributed by atoms with E-state index < -0.39 is 0 Å². The van der Waals surface area contributed by atoms with Gasteiger partial charge >= 0.3 is 0 Å². The van der Waals surface area contributed by atoms with Gasteiger partial charge in [-0.25, -0.2) is 9.37 Å². The predicted molar refractivity (Wildman–Crippen MR) is 137 cm³/mol. The van der Waals surface area contributed by atoms with Gasteiger partial charge in [-0.1, -0.05) is 12.5 Å². The molecule has 0 bridgehead atoms. The van der Waals surface area contributed by atoms with E-state index in [9.17, 15) is 9.18 Å². The number of likely N-dealkylation sites (tertiary alicyclic amines) is 1. The number of carbonyl (C=O) groups is 1. The smallest absolute Gasteiger partial charge is 0.221 e. The number of aryl methyl sites for hydroxylation is 2. The Morgan fingerprint density at radius 3 is 2.74 bits per heavy atom. The third kappa shape index (κ3) is 5.98. The van der Waals surface area contributed by atoms with Crippen LogP contribution in [0.1, 0.15) is 68.2 Å². The fourth-order valence-electron chi connectivity index (χ4n) is 5.72. The molecule has 0 unspecified atom stereocenters. The van der Waals surface area contributed by atoms with E-state index in [0.717, 1.165) is 87.5 Å². The number of nitrogens with zero attached hydrogens (tertiary/aromatic N) is 2. The summed E-state index contributed by atoms with van der Waals surface area (Å²) >= 11 is 1.73. The van der Waals surface area contributed by atoms with Crippen LogP contribution < -0.4 is 10.6 Å². The van der Waals surface area contributed by atoms with Crippen LogP contribution in [0.4, 0.5) is 9.52 Å². The van der Waals surface area contributed by atoms with E-state index in [1.807, 2.05) is 6.07 Å². The molecule has 3 aliphatic rings. The molecule has 1 aliphatic heterocycles.